The topological polar surface area (TPSA) is 67.8 Å². The van der Waals surface area contributed by atoms with Crippen molar-refractivity contribution in [2.75, 3.05) is 31.6 Å². The van der Waals surface area contributed by atoms with E-state index in [-0.39, 0.29) is 17.9 Å². The van der Waals surface area contributed by atoms with Gasteiger partial charge in [0.05, 0.1) is 13.0 Å². The molecule has 7 heteroatoms. The summed E-state index contributed by atoms with van der Waals surface area (Å²) in [7, 11) is 1.61. The minimum absolute atomic E-state index is 0.0672. The summed E-state index contributed by atoms with van der Waals surface area (Å²) < 4.78 is 11.3. The van der Waals surface area contributed by atoms with Gasteiger partial charge in [0.1, 0.15) is 12.1 Å². The number of nitrogens with zero attached hydrogens (tertiary/aromatic N) is 4. The second kappa shape index (κ2) is 10.3. The predicted molar refractivity (Wildman–Crippen MR) is 128 cm³/mol. The van der Waals surface area contributed by atoms with Crippen molar-refractivity contribution < 1.29 is 14.3 Å². The van der Waals surface area contributed by atoms with Crippen molar-refractivity contribution in [1.29, 1.82) is 0 Å². The zero-order valence-corrected chi connectivity index (χ0v) is 19.3. The number of piperazine rings is 1. The number of carbonyl (C=O) groups excluding carboxylic acids is 1. The third-order valence-electron chi connectivity index (χ3n) is 6.05. The van der Waals surface area contributed by atoms with Crippen molar-refractivity contribution in [3.8, 4) is 17.4 Å². The number of hydrogen-bond donors (Lipinski definition) is 0. The fourth-order valence-corrected chi connectivity index (χ4v) is 4.31. The molecule has 0 N–H and O–H groups in total. The van der Waals surface area contributed by atoms with Gasteiger partial charge >= 0.3 is 0 Å². The molecule has 2 atom stereocenters. The van der Waals surface area contributed by atoms with Crippen LogP contribution in [0.3, 0.4) is 0 Å². The van der Waals surface area contributed by atoms with Crippen LogP contribution in [0.1, 0.15) is 31.7 Å². The van der Waals surface area contributed by atoms with Gasteiger partial charge in [-0.15, -0.1) is 0 Å². The third kappa shape index (κ3) is 5.08. The van der Waals surface area contributed by atoms with E-state index in [9.17, 15) is 4.79 Å². The zero-order valence-electron chi connectivity index (χ0n) is 19.3. The Labute approximate surface area is 195 Å². The SMILES string of the molecule is CC[C@H](C(=O)N1CCN(c2cc(Oc3ccccc3OC)ncn2)C[C@@H]1C)c1ccccc1. The molecule has 33 heavy (non-hydrogen) atoms. The van der Waals surface area contributed by atoms with Crippen LogP contribution >= 0.6 is 0 Å². The van der Waals surface area contributed by atoms with Crippen LogP contribution < -0.4 is 14.4 Å². The van der Waals surface area contributed by atoms with Crippen LogP contribution in [0.5, 0.6) is 17.4 Å². The molecule has 3 aromatic rings. The normalized spacial score (nSPS) is 16.9. The van der Waals surface area contributed by atoms with Crippen molar-refractivity contribution >= 4 is 11.7 Å². The molecule has 0 bridgehead atoms. The maximum absolute atomic E-state index is 13.4. The highest BCUT2D eigenvalue weighted by Gasteiger charge is 2.32. The lowest BCUT2D eigenvalue weighted by Gasteiger charge is -2.41. The number of carbonyl (C=O) groups is 1. The first-order valence-electron chi connectivity index (χ1n) is 11.3. The number of amides is 1. The second-order valence-electron chi connectivity index (χ2n) is 8.17. The van der Waals surface area contributed by atoms with Crippen LogP contribution in [-0.4, -0.2) is 53.6 Å². The van der Waals surface area contributed by atoms with Gasteiger partial charge in [-0.3, -0.25) is 4.79 Å². The van der Waals surface area contributed by atoms with E-state index >= 15 is 0 Å². The predicted octanol–water partition coefficient (Wildman–Crippen LogP) is 4.51. The van der Waals surface area contributed by atoms with E-state index in [2.05, 4.69) is 28.7 Å². The van der Waals surface area contributed by atoms with Crippen molar-refractivity contribution in [1.82, 2.24) is 14.9 Å². The average Bonchev–Trinajstić information content (AvgIpc) is 2.85. The Morgan fingerprint density at radius 2 is 1.79 bits per heavy atom. The molecule has 2 aromatic carbocycles. The van der Waals surface area contributed by atoms with Crippen molar-refractivity contribution in [2.45, 2.75) is 32.2 Å². The molecule has 1 aliphatic rings. The number of methoxy groups -OCH3 is 1. The quantitative estimate of drug-likeness (QED) is 0.532. The first-order valence-corrected chi connectivity index (χ1v) is 11.3. The third-order valence-corrected chi connectivity index (χ3v) is 6.05. The zero-order chi connectivity index (χ0) is 23.2. The standard InChI is InChI=1S/C26H30N4O3/c1-4-21(20-10-6-5-7-11-20)26(31)30-15-14-29(17-19(30)2)24-16-25(28-18-27-24)33-23-13-9-8-12-22(23)32-3/h5-13,16,18-19,21H,4,14-15,17H2,1-3H3/t19-,21-/m0/s1. The van der Waals surface area contributed by atoms with Crippen LogP contribution in [0.2, 0.25) is 0 Å². The van der Waals surface area contributed by atoms with Gasteiger partial charge in [-0.05, 0) is 31.0 Å². The summed E-state index contributed by atoms with van der Waals surface area (Å²) >= 11 is 0. The summed E-state index contributed by atoms with van der Waals surface area (Å²) in [6.45, 7) is 6.21. The lowest BCUT2D eigenvalue weighted by Crippen LogP contribution is -2.55. The van der Waals surface area contributed by atoms with Gasteiger partial charge in [-0.1, -0.05) is 49.4 Å². The van der Waals surface area contributed by atoms with E-state index in [0.29, 0.717) is 37.0 Å². The summed E-state index contributed by atoms with van der Waals surface area (Å²) in [5.41, 5.74) is 1.08. The van der Waals surface area contributed by atoms with Crippen LogP contribution in [-0.2, 0) is 4.79 Å². The van der Waals surface area contributed by atoms with Crippen LogP contribution in [0.25, 0.3) is 0 Å². The Morgan fingerprint density at radius 1 is 1.06 bits per heavy atom. The molecule has 0 saturated carbocycles. The Bertz CT molecular complexity index is 1080. The molecule has 4 rings (SSSR count). The lowest BCUT2D eigenvalue weighted by molar-refractivity contribution is -0.135. The molecule has 0 spiro atoms. The van der Waals surface area contributed by atoms with Gasteiger partial charge in [0.15, 0.2) is 11.5 Å². The van der Waals surface area contributed by atoms with E-state index in [1.54, 1.807) is 7.11 Å². The fraction of sp³-hybridized carbons (Fsp3) is 0.346. The number of para-hydroxylation sites is 2. The summed E-state index contributed by atoms with van der Waals surface area (Å²) in [4.78, 5) is 26.2. The average molecular weight is 447 g/mol. The Balaban J connectivity index is 1.44. The van der Waals surface area contributed by atoms with Crippen molar-refractivity contribution in [3.63, 3.8) is 0 Å². The molecule has 7 nitrogen and oxygen atoms in total. The van der Waals surface area contributed by atoms with Gasteiger partial charge < -0.3 is 19.3 Å². The minimum atomic E-state index is -0.111. The first kappa shape index (κ1) is 22.6. The largest absolute Gasteiger partial charge is 0.493 e. The van der Waals surface area contributed by atoms with Gasteiger partial charge in [0, 0.05) is 31.7 Å². The highest BCUT2D eigenvalue weighted by atomic mass is 16.5. The number of rotatable bonds is 7. The van der Waals surface area contributed by atoms with Gasteiger partial charge in [0.2, 0.25) is 11.8 Å². The lowest BCUT2D eigenvalue weighted by atomic mass is 9.94. The molecule has 0 aliphatic carbocycles. The van der Waals surface area contributed by atoms with Crippen LogP contribution in [0.15, 0.2) is 67.0 Å². The Morgan fingerprint density at radius 3 is 2.48 bits per heavy atom. The Kier molecular flexibility index (Phi) is 7.07. The maximum Gasteiger partial charge on any atom is 0.230 e. The first-order chi connectivity index (χ1) is 16.1. The number of anilines is 1. The summed E-state index contributed by atoms with van der Waals surface area (Å²) in [6, 6.07) is 19.4. The molecule has 1 amide bonds. The second-order valence-corrected chi connectivity index (χ2v) is 8.17. The van der Waals surface area contributed by atoms with E-state index < -0.39 is 0 Å². The smallest absolute Gasteiger partial charge is 0.230 e. The highest BCUT2D eigenvalue weighted by molar-refractivity contribution is 5.84. The fourth-order valence-electron chi connectivity index (χ4n) is 4.31. The van der Waals surface area contributed by atoms with Gasteiger partial charge in [-0.2, -0.15) is 0 Å². The number of hydrogen-bond acceptors (Lipinski definition) is 6. The molecule has 0 unspecified atom stereocenters. The highest BCUT2D eigenvalue weighted by Crippen LogP contribution is 2.31. The molecule has 1 saturated heterocycles. The van der Waals surface area contributed by atoms with E-state index in [4.69, 9.17) is 9.47 Å². The molecule has 1 fully saturated rings. The summed E-state index contributed by atoms with van der Waals surface area (Å²) in [6.07, 6.45) is 2.29. The van der Waals surface area contributed by atoms with Crippen LogP contribution in [0, 0.1) is 0 Å². The van der Waals surface area contributed by atoms with Gasteiger partial charge in [-0.25, -0.2) is 9.97 Å². The molecule has 0 radical (unpaired) electrons. The number of ether oxygens (including phenoxy) is 2. The van der Waals surface area contributed by atoms with Gasteiger partial charge in [0.25, 0.3) is 0 Å². The van der Waals surface area contributed by atoms with E-state index in [0.717, 1.165) is 17.8 Å². The molecule has 1 aromatic heterocycles. The number of benzene rings is 2. The molecule has 1 aliphatic heterocycles. The molecular formula is C26H30N4O3. The van der Waals surface area contributed by atoms with Crippen LogP contribution in [0.4, 0.5) is 5.82 Å². The van der Waals surface area contributed by atoms with E-state index in [1.807, 2.05) is 65.6 Å². The monoisotopic (exact) mass is 446 g/mol. The minimum Gasteiger partial charge on any atom is -0.493 e. The number of aromatic nitrogens is 2. The van der Waals surface area contributed by atoms with Crippen molar-refractivity contribution in [2.24, 2.45) is 0 Å². The summed E-state index contributed by atoms with van der Waals surface area (Å²) in [5.74, 6) is 2.55. The molecule has 172 valence electrons. The Hall–Kier alpha value is -3.61. The van der Waals surface area contributed by atoms with E-state index in [1.165, 1.54) is 6.33 Å². The van der Waals surface area contributed by atoms with Crippen molar-refractivity contribution in [3.05, 3.63) is 72.6 Å². The summed E-state index contributed by atoms with van der Waals surface area (Å²) in [5, 5.41) is 0. The maximum atomic E-state index is 13.4. The molecule has 2 heterocycles. The molecular weight excluding hydrogens is 416 g/mol.